The van der Waals surface area contributed by atoms with Gasteiger partial charge in [-0.25, -0.2) is 0 Å². The second-order valence-corrected chi connectivity index (χ2v) is 2.10. The normalized spacial score (nSPS) is 24.1. The van der Waals surface area contributed by atoms with E-state index < -0.39 is 18.2 Å². The number of nitrogens with one attached hydrogen (secondary N) is 1. The lowest BCUT2D eigenvalue weighted by atomic mass is 10.5. The molecule has 1 heterocycles. The lowest BCUT2D eigenvalue weighted by Crippen LogP contribution is -2.46. The van der Waals surface area contributed by atoms with Crippen molar-refractivity contribution in [2.24, 2.45) is 0 Å². The zero-order valence-electron chi connectivity index (χ0n) is 6.12. The van der Waals surface area contributed by atoms with Gasteiger partial charge in [0, 0.05) is 13.5 Å². The first-order valence-corrected chi connectivity index (χ1v) is 3.26. The van der Waals surface area contributed by atoms with Crippen molar-refractivity contribution in [1.82, 2.24) is 5.32 Å². The molecule has 0 aliphatic carbocycles. The highest BCUT2D eigenvalue weighted by Gasteiger charge is 2.25. The molecule has 0 aromatic rings. The number of ether oxygens (including phenoxy) is 2. The summed E-state index contributed by atoms with van der Waals surface area (Å²) in [7, 11) is 0. The summed E-state index contributed by atoms with van der Waals surface area (Å²) in [4.78, 5) is 21.2. The molecule has 1 amide bonds. The fourth-order valence-corrected chi connectivity index (χ4v) is 0.737. The van der Waals surface area contributed by atoms with Crippen molar-refractivity contribution >= 4 is 11.9 Å². The standard InChI is InChI=1S/C6H9NO4/c1-4(8)11-6-5(9)7-2-3-10-6/h6H,2-3H2,1H3,(H,7,9). The number of carbonyl (C=O) groups is 2. The fraction of sp³-hybridized carbons (Fsp3) is 0.667. The van der Waals surface area contributed by atoms with Crippen molar-refractivity contribution in [2.75, 3.05) is 13.2 Å². The minimum Gasteiger partial charge on any atom is -0.426 e. The van der Waals surface area contributed by atoms with Crippen molar-refractivity contribution in [2.45, 2.75) is 13.2 Å². The maximum absolute atomic E-state index is 10.8. The Kier molecular flexibility index (Phi) is 2.43. The molecule has 0 spiro atoms. The average molecular weight is 159 g/mol. The summed E-state index contributed by atoms with van der Waals surface area (Å²) in [5, 5.41) is 2.50. The molecule has 1 aliphatic rings. The van der Waals surface area contributed by atoms with E-state index in [-0.39, 0.29) is 0 Å². The van der Waals surface area contributed by atoms with Gasteiger partial charge in [0.05, 0.1) is 6.61 Å². The zero-order chi connectivity index (χ0) is 8.27. The van der Waals surface area contributed by atoms with Gasteiger partial charge in [-0.1, -0.05) is 0 Å². The van der Waals surface area contributed by atoms with E-state index in [9.17, 15) is 9.59 Å². The summed E-state index contributed by atoms with van der Waals surface area (Å²) < 4.78 is 9.38. The maximum Gasteiger partial charge on any atom is 0.305 e. The number of rotatable bonds is 1. The summed E-state index contributed by atoms with van der Waals surface area (Å²) in [5.74, 6) is -0.918. The maximum atomic E-state index is 10.8. The van der Waals surface area contributed by atoms with Gasteiger partial charge in [0.2, 0.25) is 0 Å². The van der Waals surface area contributed by atoms with Crippen LogP contribution >= 0.6 is 0 Å². The summed E-state index contributed by atoms with van der Waals surface area (Å²) in [5.41, 5.74) is 0. The fourth-order valence-electron chi connectivity index (χ4n) is 0.737. The van der Waals surface area contributed by atoms with Gasteiger partial charge in [0.1, 0.15) is 0 Å². The molecule has 5 heteroatoms. The first-order valence-electron chi connectivity index (χ1n) is 3.26. The van der Waals surface area contributed by atoms with Gasteiger partial charge in [0.15, 0.2) is 0 Å². The predicted octanol–water partition coefficient (Wildman–Crippen LogP) is -0.978. The van der Waals surface area contributed by atoms with Crippen molar-refractivity contribution in [3.05, 3.63) is 0 Å². The molecule has 0 radical (unpaired) electrons. The van der Waals surface area contributed by atoms with Crippen LogP contribution in [0.5, 0.6) is 0 Å². The van der Waals surface area contributed by atoms with Crippen LogP contribution in [-0.4, -0.2) is 31.3 Å². The van der Waals surface area contributed by atoms with Crippen LogP contribution in [0.4, 0.5) is 0 Å². The van der Waals surface area contributed by atoms with Gasteiger partial charge >= 0.3 is 5.97 Å². The smallest absolute Gasteiger partial charge is 0.305 e. The summed E-state index contributed by atoms with van der Waals surface area (Å²) in [6.45, 7) is 2.07. The van der Waals surface area contributed by atoms with Crippen LogP contribution in [0.1, 0.15) is 6.92 Å². The summed E-state index contributed by atoms with van der Waals surface area (Å²) >= 11 is 0. The Balaban J connectivity index is 2.42. The lowest BCUT2D eigenvalue weighted by Gasteiger charge is -2.21. The van der Waals surface area contributed by atoms with Crippen LogP contribution in [0.25, 0.3) is 0 Å². The van der Waals surface area contributed by atoms with Crippen LogP contribution in [-0.2, 0) is 19.1 Å². The molecule has 0 saturated carbocycles. The summed E-state index contributed by atoms with van der Waals surface area (Å²) in [6.07, 6.45) is -1.05. The molecule has 62 valence electrons. The SMILES string of the molecule is CC(=O)OC1OCCNC1=O. The van der Waals surface area contributed by atoms with E-state index >= 15 is 0 Å². The van der Waals surface area contributed by atoms with E-state index in [0.29, 0.717) is 13.2 Å². The average Bonchev–Trinajstić information content (AvgIpc) is 1.93. The third kappa shape index (κ3) is 2.19. The van der Waals surface area contributed by atoms with Gasteiger partial charge in [-0.15, -0.1) is 0 Å². The number of morpholine rings is 1. The quantitative estimate of drug-likeness (QED) is 0.499. The molecule has 0 aromatic carbocycles. The van der Waals surface area contributed by atoms with Gasteiger partial charge in [0.25, 0.3) is 12.2 Å². The highest BCUT2D eigenvalue weighted by molar-refractivity contribution is 5.82. The van der Waals surface area contributed by atoms with E-state index in [1.165, 1.54) is 6.92 Å². The Labute approximate surface area is 63.7 Å². The van der Waals surface area contributed by atoms with E-state index in [2.05, 4.69) is 10.1 Å². The van der Waals surface area contributed by atoms with Gasteiger partial charge in [-0.2, -0.15) is 0 Å². The highest BCUT2D eigenvalue weighted by Crippen LogP contribution is 1.99. The lowest BCUT2D eigenvalue weighted by molar-refractivity contribution is -0.189. The van der Waals surface area contributed by atoms with Crippen molar-refractivity contribution in [3.8, 4) is 0 Å². The number of esters is 1. The minimum atomic E-state index is -1.05. The first kappa shape index (κ1) is 8.00. The molecule has 1 unspecified atom stereocenters. The second kappa shape index (κ2) is 3.34. The Morgan fingerprint density at radius 1 is 1.82 bits per heavy atom. The zero-order valence-corrected chi connectivity index (χ0v) is 6.12. The van der Waals surface area contributed by atoms with Gasteiger partial charge in [-0.05, 0) is 0 Å². The van der Waals surface area contributed by atoms with Gasteiger partial charge in [-0.3, -0.25) is 9.59 Å². The molecule has 5 nitrogen and oxygen atoms in total. The Morgan fingerprint density at radius 2 is 2.55 bits per heavy atom. The molecule has 1 atom stereocenters. The molecule has 1 aliphatic heterocycles. The molecule has 0 bridgehead atoms. The summed E-state index contributed by atoms with van der Waals surface area (Å²) in [6, 6.07) is 0. The van der Waals surface area contributed by atoms with E-state index in [0.717, 1.165) is 0 Å². The van der Waals surface area contributed by atoms with Crippen molar-refractivity contribution in [1.29, 1.82) is 0 Å². The molecule has 1 saturated heterocycles. The van der Waals surface area contributed by atoms with Crippen molar-refractivity contribution in [3.63, 3.8) is 0 Å². The monoisotopic (exact) mass is 159 g/mol. The molecule has 11 heavy (non-hydrogen) atoms. The third-order valence-electron chi connectivity index (χ3n) is 1.16. The predicted molar refractivity (Wildman–Crippen MR) is 34.5 cm³/mol. The van der Waals surface area contributed by atoms with Crippen LogP contribution in [0.3, 0.4) is 0 Å². The van der Waals surface area contributed by atoms with Crippen LogP contribution in [0.2, 0.25) is 0 Å². The molecular formula is C6H9NO4. The number of carbonyl (C=O) groups excluding carboxylic acids is 2. The molecule has 0 aromatic heterocycles. The molecule has 1 rings (SSSR count). The van der Waals surface area contributed by atoms with Crippen LogP contribution < -0.4 is 5.32 Å². The van der Waals surface area contributed by atoms with E-state index in [1.807, 2.05) is 0 Å². The van der Waals surface area contributed by atoms with Crippen molar-refractivity contribution < 1.29 is 19.1 Å². The Morgan fingerprint density at radius 3 is 3.09 bits per heavy atom. The number of hydrogen-bond acceptors (Lipinski definition) is 4. The van der Waals surface area contributed by atoms with E-state index in [4.69, 9.17) is 4.74 Å². The first-order chi connectivity index (χ1) is 5.20. The largest absolute Gasteiger partial charge is 0.426 e. The molecular weight excluding hydrogens is 150 g/mol. The second-order valence-electron chi connectivity index (χ2n) is 2.10. The Bertz CT molecular complexity index is 179. The molecule has 1 N–H and O–H groups in total. The topological polar surface area (TPSA) is 64.6 Å². The van der Waals surface area contributed by atoms with E-state index in [1.54, 1.807) is 0 Å². The Hall–Kier alpha value is -1.10. The molecule has 1 fully saturated rings. The number of hydrogen-bond donors (Lipinski definition) is 1. The van der Waals surface area contributed by atoms with Crippen LogP contribution in [0, 0.1) is 0 Å². The van der Waals surface area contributed by atoms with Crippen LogP contribution in [0.15, 0.2) is 0 Å². The number of amides is 1. The highest BCUT2D eigenvalue weighted by atomic mass is 16.7. The minimum absolute atomic E-state index is 0.379. The van der Waals surface area contributed by atoms with Gasteiger partial charge < -0.3 is 14.8 Å². The third-order valence-corrected chi connectivity index (χ3v) is 1.16.